The highest BCUT2D eigenvalue weighted by Gasteiger charge is 2.22. The van der Waals surface area contributed by atoms with E-state index in [9.17, 15) is 20.0 Å². The minimum Gasteiger partial charge on any atom is -0.505 e. The molecule has 0 unspecified atom stereocenters. The van der Waals surface area contributed by atoms with Gasteiger partial charge in [0.25, 0.3) is 11.6 Å². The number of nitro groups is 1. The summed E-state index contributed by atoms with van der Waals surface area (Å²) in [6, 6.07) is 6.39. The first-order valence-corrected chi connectivity index (χ1v) is 6.25. The lowest BCUT2D eigenvalue weighted by Crippen LogP contribution is -2.15. The van der Waals surface area contributed by atoms with E-state index in [1.807, 2.05) is 0 Å². The molecule has 0 spiro atoms. The summed E-state index contributed by atoms with van der Waals surface area (Å²) in [5.41, 5.74) is -1.01. The Kier molecular flexibility index (Phi) is 4.25. The first-order valence-electron chi connectivity index (χ1n) is 5.50. The summed E-state index contributed by atoms with van der Waals surface area (Å²) < 4.78 is 0. The van der Waals surface area contributed by atoms with Crippen molar-refractivity contribution in [2.24, 2.45) is 0 Å². The summed E-state index contributed by atoms with van der Waals surface area (Å²) in [7, 11) is 0. The van der Waals surface area contributed by atoms with E-state index in [4.69, 9.17) is 23.2 Å². The van der Waals surface area contributed by atoms with Gasteiger partial charge in [-0.3, -0.25) is 14.9 Å². The highest BCUT2D eigenvalue weighted by Crippen LogP contribution is 2.33. The number of aromatic hydroxyl groups is 1. The van der Waals surface area contributed by atoms with E-state index in [0.717, 1.165) is 6.07 Å². The fourth-order valence-electron chi connectivity index (χ4n) is 1.56. The second-order valence-electron chi connectivity index (χ2n) is 3.85. The van der Waals surface area contributed by atoms with Crippen molar-refractivity contribution >= 4 is 40.5 Å². The van der Waals surface area contributed by atoms with Gasteiger partial charge in [0, 0.05) is 6.07 Å². The molecule has 1 aromatic heterocycles. The largest absolute Gasteiger partial charge is 0.505 e. The fourth-order valence-corrected chi connectivity index (χ4v) is 1.90. The zero-order chi connectivity index (χ0) is 15.6. The molecule has 0 atom stereocenters. The molecule has 2 aromatic rings. The Bertz CT molecular complexity index is 736. The van der Waals surface area contributed by atoms with Crippen LogP contribution in [-0.2, 0) is 0 Å². The number of aromatic nitrogens is 1. The Labute approximate surface area is 128 Å². The van der Waals surface area contributed by atoms with Crippen LogP contribution in [0.3, 0.4) is 0 Å². The van der Waals surface area contributed by atoms with Crippen LogP contribution in [0.25, 0.3) is 0 Å². The molecule has 0 saturated heterocycles. The fraction of sp³-hybridized carbons (Fsp3) is 0. The van der Waals surface area contributed by atoms with Crippen LogP contribution in [0.4, 0.5) is 11.4 Å². The Balaban J connectivity index is 2.41. The summed E-state index contributed by atoms with van der Waals surface area (Å²) in [6.07, 6.45) is 0. The van der Waals surface area contributed by atoms with Crippen LogP contribution in [0, 0.1) is 10.1 Å². The van der Waals surface area contributed by atoms with E-state index < -0.39 is 22.3 Å². The van der Waals surface area contributed by atoms with Gasteiger partial charge in [-0.2, -0.15) is 0 Å². The molecule has 108 valence electrons. The minimum atomic E-state index is -0.827. The maximum absolute atomic E-state index is 12.1. The molecule has 9 heteroatoms. The average Bonchev–Trinajstić information content (AvgIpc) is 2.43. The average molecular weight is 328 g/mol. The van der Waals surface area contributed by atoms with E-state index in [1.54, 1.807) is 0 Å². The van der Waals surface area contributed by atoms with Gasteiger partial charge in [-0.05, 0) is 18.2 Å². The second kappa shape index (κ2) is 5.94. The number of hydrogen-bond donors (Lipinski definition) is 2. The molecule has 1 aromatic carbocycles. The molecule has 0 aliphatic carbocycles. The first kappa shape index (κ1) is 15.0. The molecule has 0 bridgehead atoms. The standard InChI is InChI=1S/C12H7Cl2N3O4/c13-6-4-5-9(14)15-10(6)12(19)16-11-7(17(20)21)2-1-3-8(11)18/h1-5,18H,(H,16,19). The van der Waals surface area contributed by atoms with Crippen LogP contribution < -0.4 is 5.32 Å². The number of nitrogens with one attached hydrogen (secondary N) is 1. The normalized spacial score (nSPS) is 10.2. The first-order chi connectivity index (χ1) is 9.90. The molecule has 2 N–H and O–H groups in total. The number of anilines is 1. The van der Waals surface area contributed by atoms with Crippen molar-refractivity contribution in [3.63, 3.8) is 0 Å². The van der Waals surface area contributed by atoms with Crippen molar-refractivity contribution in [2.45, 2.75) is 0 Å². The smallest absolute Gasteiger partial charge is 0.296 e. The van der Waals surface area contributed by atoms with Crippen molar-refractivity contribution in [3.8, 4) is 5.75 Å². The van der Waals surface area contributed by atoms with Crippen molar-refractivity contribution < 1.29 is 14.8 Å². The number of phenolic OH excluding ortho intramolecular Hbond substituents is 1. The Morgan fingerprint density at radius 1 is 1.29 bits per heavy atom. The van der Waals surface area contributed by atoms with Gasteiger partial charge in [-0.1, -0.05) is 29.3 Å². The summed E-state index contributed by atoms with van der Waals surface area (Å²) in [5, 5.41) is 22.8. The van der Waals surface area contributed by atoms with E-state index in [2.05, 4.69) is 10.3 Å². The van der Waals surface area contributed by atoms with Crippen molar-refractivity contribution in [2.75, 3.05) is 5.32 Å². The van der Waals surface area contributed by atoms with Gasteiger partial charge >= 0.3 is 0 Å². The van der Waals surface area contributed by atoms with Gasteiger partial charge in [0.15, 0.2) is 5.69 Å². The topological polar surface area (TPSA) is 105 Å². The number of carbonyl (C=O) groups excluding carboxylic acids is 1. The van der Waals surface area contributed by atoms with E-state index in [0.29, 0.717) is 0 Å². The maximum atomic E-state index is 12.1. The van der Waals surface area contributed by atoms with Crippen LogP contribution in [0.1, 0.15) is 10.5 Å². The van der Waals surface area contributed by atoms with Gasteiger partial charge in [-0.15, -0.1) is 0 Å². The molecule has 0 radical (unpaired) electrons. The number of halogens is 2. The monoisotopic (exact) mass is 327 g/mol. The third-order valence-electron chi connectivity index (χ3n) is 2.48. The highest BCUT2D eigenvalue weighted by molar-refractivity contribution is 6.35. The predicted octanol–water partition coefficient (Wildman–Crippen LogP) is 3.25. The molecule has 0 aliphatic heterocycles. The number of phenols is 1. The quantitative estimate of drug-likeness (QED) is 0.389. The molecule has 0 aliphatic rings. The second-order valence-corrected chi connectivity index (χ2v) is 4.64. The number of nitro benzene ring substituents is 1. The number of rotatable bonds is 3. The maximum Gasteiger partial charge on any atom is 0.296 e. The third kappa shape index (κ3) is 3.21. The molecule has 0 saturated carbocycles. The molecular formula is C12H7Cl2N3O4. The summed E-state index contributed by atoms with van der Waals surface area (Å²) in [5.74, 6) is -1.28. The molecule has 7 nitrogen and oxygen atoms in total. The van der Waals surface area contributed by atoms with Crippen LogP contribution in [-0.4, -0.2) is 20.9 Å². The van der Waals surface area contributed by atoms with Crippen LogP contribution in [0.15, 0.2) is 30.3 Å². The Morgan fingerprint density at radius 2 is 2.00 bits per heavy atom. The number of nitrogens with zero attached hydrogens (tertiary/aromatic N) is 2. The number of hydrogen-bond acceptors (Lipinski definition) is 5. The number of benzene rings is 1. The SMILES string of the molecule is O=C(Nc1c(O)cccc1[N+](=O)[O-])c1nc(Cl)ccc1Cl. The molecular weight excluding hydrogens is 321 g/mol. The zero-order valence-electron chi connectivity index (χ0n) is 10.2. The van der Waals surface area contributed by atoms with E-state index in [1.165, 1.54) is 24.3 Å². The molecule has 1 amide bonds. The number of amides is 1. The molecule has 1 heterocycles. The predicted molar refractivity (Wildman–Crippen MR) is 77.0 cm³/mol. The minimum absolute atomic E-state index is 0.0231. The van der Waals surface area contributed by atoms with Gasteiger partial charge in [0.1, 0.15) is 16.6 Å². The molecule has 0 fully saturated rings. The molecule has 21 heavy (non-hydrogen) atoms. The number of pyridine rings is 1. The summed E-state index contributed by atoms with van der Waals surface area (Å²) in [4.78, 5) is 26.0. The lowest BCUT2D eigenvalue weighted by atomic mass is 10.2. The van der Waals surface area contributed by atoms with Crippen molar-refractivity contribution in [1.82, 2.24) is 4.98 Å². The van der Waals surface area contributed by atoms with E-state index in [-0.39, 0.29) is 21.6 Å². The zero-order valence-corrected chi connectivity index (χ0v) is 11.7. The van der Waals surface area contributed by atoms with Crippen LogP contribution >= 0.6 is 23.2 Å². The highest BCUT2D eigenvalue weighted by atomic mass is 35.5. The van der Waals surface area contributed by atoms with Crippen molar-refractivity contribution in [3.05, 3.63) is 56.3 Å². The molecule has 2 rings (SSSR count). The third-order valence-corrected chi connectivity index (χ3v) is 3.00. The van der Waals surface area contributed by atoms with Gasteiger partial charge in [-0.25, -0.2) is 4.98 Å². The van der Waals surface area contributed by atoms with Crippen LogP contribution in [0.5, 0.6) is 5.75 Å². The number of para-hydroxylation sites is 1. The summed E-state index contributed by atoms with van der Waals surface area (Å²) in [6.45, 7) is 0. The van der Waals surface area contributed by atoms with Crippen LogP contribution in [0.2, 0.25) is 10.2 Å². The van der Waals surface area contributed by atoms with Gasteiger partial charge in [0.2, 0.25) is 0 Å². The number of carbonyl (C=O) groups is 1. The Morgan fingerprint density at radius 3 is 2.67 bits per heavy atom. The Hall–Kier alpha value is -2.38. The van der Waals surface area contributed by atoms with Gasteiger partial charge < -0.3 is 10.4 Å². The lowest BCUT2D eigenvalue weighted by Gasteiger charge is -2.08. The van der Waals surface area contributed by atoms with Gasteiger partial charge in [0.05, 0.1) is 9.95 Å². The summed E-state index contributed by atoms with van der Waals surface area (Å²) >= 11 is 11.5. The van der Waals surface area contributed by atoms with Crippen molar-refractivity contribution in [1.29, 1.82) is 0 Å². The lowest BCUT2D eigenvalue weighted by molar-refractivity contribution is -0.384. The van der Waals surface area contributed by atoms with E-state index >= 15 is 0 Å².